The van der Waals surface area contributed by atoms with Gasteiger partial charge in [0.05, 0.1) is 25.3 Å². The Kier molecular flexibility index (Phi) is 8.49. The molecular formula is C24H34N2O4S. The average Bonchev–Trinajstić information content (AvgIpc) is 3.19. The van der Waals surface area contributed by atoms with Gasteiger partial charge in [-0.3, -0.25) is 9.69 Å². The van der Waals surface area contributed by atoms with Crippen LogP contribution in [-0.4, -0.2) is 73.4 Å². The van der Waals surface area contributed by atoms with Gasteiger partial charge in [-0.2, -0.15) is 0 Å². The van der Waals surface area contributed by atoms with E-state index in [-0.39, 0.29) is 18.5 Å². The Labute approximate surface area is 189 Å². The van der Waals surface area contributed by atoms with Crippen molar-refractivity contribution in [3.05, 3.63) is 51.2 Å². The van der Waals surface area contributed by atoms with Crippen LogP contribution >= 0.6 is 11.3 Å². The number of fused-ring (bicyclic) bond motifs is 1. The number of aliphatic hydroxyl groups is 1. The summed E-state index contributed by atoms with van der Waals surface area (Å²) in [6.45, 7) is 8.79. The van der Waals surface area contributed by atoms with Gasteiger partial charge < -0.3 is 19.5 Å². The second-order valence-electron chi connectivity index (χ2n) is 8.31. The standard InChI is InChI=1S/C24H34N2O4S/c1-17-5-6-22(18(2)13-17)30-16-21-20-8-12-31-23(20)7-9-26(21)24(28)15-25(10-11-29-4)14-19(3)27/h5-6,8,12-13,19,21,27H,7,9-11,14-16H2,1-4H3/t19-,21+/m1/s1. The summed E-state index contributed by atoms with van der Waals surface area (Å²) in [5, 5.41) is 11.9. The number of aliphatic hydroxyl groups excluding tert-OH is 1. The lowest BCUT2D eigenvalue weighted by Crippen LogP contribution is -2.48. The van der Waals surface area contributed by atoms with Crippen molar-refractivity contribution in [3.63, 3.8) is 0 Å². The highest BCUT2D eigenvalue weighted by molar-refractivity contribution is 7.10. The maximum Gasteiger partial charge on any atom is 0.237 e. The van der Waals surface area contributed by atoms with Crippen molar-refractivity contribution in [2.45, 2.75) is 39.3 Å². The van der Waals surface area contributed by atoms with Crippen molar-refractivity contribution in [1.82, 2.24) is 9.80 Å². The van der Waals surface area contributed by atoms with Gasteiger partial charge >= 0.3 is 0 Å². The number of hydrogen-bond donors (Lipinski definition) is 1. The summed E-state index contributed by atoms with van der Waals surface area (Å²) in [4.78, 5) is 18.6. The molecule has 1 aromatic heterocycles. The Hall–Kier alpha value is -1.93. The zero-order valence-electron chi connectivity index (χ0n) is 19.0. The molecule has 0 unspecified atom stereocenters. The fourth-order valence-corrected chi connectivity index (χ4v) is 5.04. The fourth-order valence-electron chi connectivity index (χ4n) is 4.12. The number of rotatable bonds is 10. The highest BCUT2D eigenvalue weighted by atomic mass is 32.1. The van der Waals surface area contributed by atoms with Crippen molar-refractivity contribution in [2.24, 2.45) is 0 Å². The van der Waals surface area contributed by atoms with Gasteiger partial charge in [0, 0.05) is 31.6 Å². The minimum Gasteiger partial charge on any atom is -0.491 e. The van der Waals surface area contributed by atoms with Crippen LogP contribution in [0, 0.1) is 13.8 Å². The van der Waals surface area contributed by atoms with Crippen molar-refractivity contribution in [3.8, 4) is 5.75 Å². The van der Waals surface area contributed by atoms with Gasteiger partial charge in [0.15, 0.2) is 0 Å². The summed E-state index contributed by atoms with van der Waals surface area (Å²) in [5.41, 5.74) is 3.49. The van der Waals surface area contributed by atoms with Crippen LogP contribution in [0.1, 0.15) is 34.5 Å². The number of amides is 1. The first-order valence-electron chi connectivity index (χ1n) is 10.8. The van der Waals surface area contributed by atoms with Crippen molar-refractivity contribution in [2.75, 3.05) is 46.5 Å². The summed E-state index contributed by atoms with van der Waals surface area (Å²) >= 11 is 1.75. The molecule has 1 aliphatic rings. The monoisotopic (exact) mass is 446 g/mol. The van der Waals surface area contributed by atoms with Crippen LogP contribution in [0.4, 0.5) is 0 Å². The normalized spacial score (nSPS) is 17.0. The summed E-state index contributed by atoms with van der Waals surface area (Å²) < 4.78 is 11.4. The maximum absolute atomic E-state index is 13.3. The SMILES string of the molecule is COCCN(CC(=O)N1CCc2sccc2[C@@H]1COc1ccc(C)cc1C)C[C@@H](C)O. The number of ether oxygens (including phenoxy) is 2. The molecule has 0 bridgehead atoms. The Morgan fingerprint density at radius 1 is 1.35 bits per heavy atom. The van der Waals surface area contributed by atoms with E-state index in [1.165, 1.54) is 16.0 Å². The summed E-state index contributed by atoms with van der Waals surface area (Å²) in [6.07, 6.45) is 0.367. The minimum absolute atomic E-state index is 0.0582. The molecule has 1 N–H and O–H groups in total. The smallest absolute Gasteiger partial charge is 0.237 e. The van der Waals surface area contributed by atoms with Gasteiger partial charge in [-0.15, -0.1) is 11.3 Å². The van der Waals surface area contributed by atoms with Gasteiger partial charge in [0.1, 0.15) is 12.4 Å². The lowest BCUT2D eigenvalue weighted by molar-refractivity contribution is -0.136. The number of benzene rings is 1. The van der Waals surface area contributed by atoms with E-state index in [1.807, 2.05) is 28.9 Å². The molecular weight excluding hydrogens is 412 g/mol. The zero-order valence-corrected chi connectivity index (χ0v) is 19.8. The van der Waals surface area contributed by atoms with Crippen LogP contribution in [0.25, 0.3) is 0 Å². The van der Waals surface area contributed by atoms with Gasteiger partial charge in [-0.1, -0.05) is 17.7 Å². The first-order valence-corrected chi connectivity index (χ1v) is 11.7. The molecule has 0 saturated carbocycles. The van der Waals surface area contributed by atoms with E-state index in [0.29, 0.717) is 32.8 Å². The van der Waals surface area contributed by atoms with Crippen LogP contribution < -0.4 is 4.74 Å². The van der Waals surface area contributed by atoms with Gasteiger partial charge in [0.25, 0.3) is 0 Å². The number of thiophene rings is 1. The molecule has 0 fully saturated rings. The highest BCUT2D eigenvalue weighted by Crippen LogP contribution is 2.34. The number of methoxy groups -OCH3 is 1. The number of nitrogens with zero attached hydrogens (tertiary/aromatic N) is 2. The minimum atomic E-state index is -0.502. The zero-order chi connectivity index (χ0) is 22.4. The van der Waals surface area contributed by atoms with E-state index in [2.05, 4.69) is 24.4 Å². The highest BCUT2D eigenvalue weighted by Gasteiger charge is 2.33. The Morgan fingerprint density at radius 2 is 2.16 bits per heavy atom. The molecule has 2 aromatic rings. The van der Waals surface area contributed by atoms with E-state index >= 15 is 0 Å². The van der Waals surface area contributed by atoms with Crippen molar-refractivity contribution >= 4 is 17.2 Å². The third-order valence-corrected chi connectivity index (χ3v) is 6.63. The lowest BCUT2D eigenvalue weighted by Gasteiger charge is -2.37. The largest absolute Gasteiger partial charge is 0.491 e. The first-order chi connectivity index (χ1) is 14.9. The van der Waals surface area contributed by atoms with Gasteiger partial charge in [0.2, 0.25) is 5.91 Å². The Balaban J connectivity index is 1.74. The number of carbonyl (C=O) groups excluding carboxylic acids is 1. The summed E-state index contributed by atoms with van der Waals surface area (Å²) in [7, 11) is 1.64. The molecule has 6 nitrogen and oxygen atoms in total. The second kappa shape index (κ2) is 11.1. The van der Waals surface area contributed by atoms with E-state index in [4.69, 9.17) is 9.47 Å². The molecule has 0 aliphatic carbocycles. The quantitative estimate of drug-likeness (QED) is 0.607. The molecule has 1 aliphatic heterocycles. The topological polar surface area (TPSA) is 62.2 Å². The number of aryl methyl sites for hydroxylation is 2. The maximum atomic E-state index is 13.3. The number of hydrogen-bond acceptors (Lipinski definition) is 6. The van der Waals surface area contributed by atoms with E-state index in [0.717, 1.165) is 17.7 Å². The van der Waals surface area contributed by atoms with Crippen LogP contribution in [0.5, 0.6) is 5.75 Å². The van der Waals surface area contributed by atoms with Crippen LogP contribution in [-0.2, 0) is 16.0 Å². The Bertz CT molecular complexity index is 867. The Morgan fingerprint density at radius 3 is 2.87 bits per heavy atom. The van der Waals surface area contributed by atoms with Crippen molar-refractivity contribution < 1.29 is 19.4 Å². The van der Waals surface area contributed by atoms with Crippen LogP contribution in [0.3, 0.4) is 0 Å². The average molecular weight is 447 g/mol. The third-order valence-electron chi connectivity index (χ3n) is 5.64. The fraction of sp³-hybridized carbons (Fsp3) is 0.542. The van der Waals surface area contributed by atoms with Crippen molar-refractivity contribution in [1.29, 1.82) is 0 Å². The third kappa shape index (κ3) is 6.29. The molecule has 0 spiro atoms. The molecule has 170 valence electrons. The molecule has 2 atom stereocenters. The predicted octanol–water partition coefficient (Wildman–Crippen LogP) is 3.20. The number of carbonyl (C=O) groups is 1. The molecule has 0 radical (unpaired) electrons. The first kappa shape index (κ1) is 23.7. The summed E-state index contributed by atoms with van der Waals surface area (Å²) in [5.74, 6) is 0.916. The molecule has 3 rings (SSSR count). The van der Waals surface area contributed by atoms with E-state index < -0.39 is 6.10 Å². The molecule has 1 aromatic carbocycles. The van der Waals surface area contributed by atoms with Crippen LogP contribution in [0.2, 0.25) is 0 Å². The molecule has 1 amide bonds. The lowest BCUT2D eigenvalue weighted by atomic mass is 10.00. The summed E-state index contributed by atoms with van der Waals surface area (Å²) in [6, 6.07) is 8.17. The van der Waals surface area contributed by atoms with Gasteiger partial charge in [-0.05, 0) is 55.8 Å². The van der Waals surface area contributed by atoms with Crippen LogP contribution in [0.15, 0.2) is 29.6 Å². The van der Waals surface area contributed by atoms with Gasteiger partial charge in [-0.25, -0.2) is 0 Å². The predicted molar refractivity (Wildman–Crippen MR) is 124 cm³/mol. The molecule has 31 heavy (non-hydrogen) atoms. The van der Waals surface area contributed by atoms with E-state index in [1.54, 1.807) is 25.4 Å². The second-order valence-corrected chi connectivity index (χ2v) is 9.31. The van der Waals surface area contributed by atoms with E-state index in [9.17, 15) is 9.90 Å². The molecule has 2 heterocycles. The molecule has 7 heteroatoms. The molecule has 0 saturated heterocycles.